The third-order valence-electron chi connectivity index (χ3n) is 3.86. The molecule has 0 saturated carbocycles. The predicted molar refractivity (Wildman–Crippen MR) is 73.4 cm³/mol. The molecule has 0 aliphatic carbocycles. The Morgan fingerprint density at radius 1 is 1.35 bits per heavy atom. The van der Waals surface area contributed by atoms with Crippen molar-refractivity contribution in [3.8, 4) is 0 Å². The van der Waals surface area contributed by atoms with Gasteiger partial charge in [-0.25, -0.2) is 0 Å². The summed E-state index contributed by atoms with van der Waals surface area (Å²) >= 11 is 0. The van der Waals surface area contributed by atoms with Crippen LogP contribution >= 0.6 is 0 Å². The molecule has 4 unspecified atom stereocenters. The van der Waals surface area contributed by atoms with Crippen molar-refractivity contribution in [3.63, 3.8) is 0 Å². The lowest BCUT2D eigenvalue weighted by atomic mass is 10.0. The minimum absolute atomic E-state index is 0.373. The molecule has 0 spiro atoms. The molecule has 1 fully saturated rings. The second kappa shape index (κ2) is 7.34. The number of ether oxygens (including phenoxy) is 1. The van der Waals surface area contributed by atoms with Crippen LogP contribution in [0.5, 0.6) is 0 Å². The molecule has 1 aliphatic heterocycles. The highest BCUT2D eigenvalue weighted by atomic mass is 16.5. The van der Waals surface area contributed by atoms with Crippen LogP contribution in [-0.4, -0.2) is 48.8 Å². The normalized spacial score (nSPS) is 30.2. The Morgan fingerprint density at radius 3 is 2.65 bits per heavy atom. The van der Waals surface area contributed by atoms with Crippen LogP contribution in [0, 0.1) is 0 Å². The van der Waals surface area contributed by atoms with E-state index in [2.05, 4.69) is 44.8 Å². The average Bonchev–Trinajstić information content (AvgIpc) is 2.33. The fourth-order valence-electron chi connectivity index (χ4n) is 2.71. The summed E-state index contributed by atoms with van der Waals surface area (Å²) in [5.74, 6) is 0. The molecule has 4 atom stereocenters. The molecule has 0 amide bonds. The Kier molecular flexibility index (Phi) is 6.45. The summed E-state index contributed by atoms with van der Waals surface area (Å²) in [6, 6.07) is 1.73. The maximum Gasteiger partial charge on any atom is 0.0674 e. The van der Waals surface area contributed by atoms with E-state index in [0.717, 1.165) is 19.7 Å². The molecule has 1 N–H and O–H groups in total. The van der Waals surface area contributed by atoms with Crippen LogP contribution in [0.15, 0.2) is 0 Å². The highest BCUT2D eigenvalue weighted by Crippen LogP contribution is 2.18. The summed E-state index contributed by atoms with van der Waals surface area (Å²) in [5.41, 5.74) is 0. The number of morpholine rings is 1. The Labute approximate surface area is 107 Å². The van der Waals surface area contributed by atoms with Crippen LogP contribution in [0.3, 0.4) is 0 Å². The van der Waals surface area contributed by atoms with E-state index in [1.54, 1.807) is 0 Å². The van der Waals surface area contributed by atoms with E-state index < -0.39 is 0 Å². The van der Waals surface area contributed by atoms with Gasteiger partial charge >= 0.3 is 0 Å². The molecule has 1 heterocycles. The molecular weight excluding hydrogens is 212 g/mol. The van der Waals surface area contributed by atoms with Crippen molar-refractivity contribution in [1.82, 2.24) is 10.2 Å². The Balaban J connectivity index is 2.54. The fraction of sp³-hybridized carbons (Fsp3) is 1.00. The third-order valence-corrected chi connectivity index (χ3v) is 3.86. The van der Waals surface area contributed by atoms with Crippen molar-refractivity contribution in [2.45, 2.75) is 71.7 Å². The Hall–Kier alpha value is -0.120. The number of hydrogen-bond acceptors (Lipinski definition) is 3. The Morgan fingerprint density at radius 2 is 2.06 bits per heavy atom. The molecular formula is C14H30N2O. The first-order valence-electron chi connectivity index (χ1n) is 7.20. The van der Waals surface area contributed by atoms with E-state index in [1.807, 2.05) is 0 Å². The van der Waals surface area contributed by atoms with Gasteiger partial charge in [0.1, 0.15) is 0 Å². The smallest absolute Gasteiger partial charge is 0.0674 e. The van der Waals surface area contributed by atoms with Gasteiger partial charge in [0, 0.05) is 24.7 Å². The lowest BCUT2D eigenvalue weighted by molar-refractivity contribution is -0.0685. The van der Waals surface area contributed by atoms with E-state index in [9.17, 15) is 0 Å². The van der Waals surface area contributed by atoms with E-state index in [0.29, 0.717) is 24.2 Å². The lowest BCUT2D eigenvalue weighted by Crippen LogP contribution is -2.57. The zero-order valence-corrected chi connectivity index (χ0v) is 12.2. The van der Waals surface area contributed by atoms with Crippen molar-refractivity contribution in [1.29, 1.82) is 0 Å². The molecule has 102 valence electrons. The maximum atomic E-state index is 5.70. The number of nitrogens with one attached hydrogen (secondary N) is 1. The molecule has 3 nitrogen and oxygen atoms in total. The summed E-state index contributed by atoms with van der Waals surface area (Å²) < 4.78 is 5.70. The summed E-state index contributed by atoms with van der Waals surface area (Å²) in [6.45, 7) is 14.4. The number of nitrogens with zero attached hydrogens (tertiary/aromatic N) is 1. The first-order chi connectivity index (χ1) is 8.10. The molecule has 0 aromatic heterocycles. The minimum Gasteiger partial charge on any atom is -0.376 e. The highest BCUT2D eigenvalue weighted by molar-refractivity contribution is 4.86. The molecule has 1 rings (SSSR count). The van der Waals surface area contributed by atoms with E-state index >= 15 is 0 Å². The molecule has 0 radical (unpaired) electrons. The highest BCUT2D eigenvalue weighted by Gasteiger charge is 2.30. The van der Waals surface area contributed by atoms with Crippen molar-refractivity contribution in [2.24, 2.45) is 0 Å². The molecule has 1 saturated heterocycles. The SMILES string of the molecule is CCCNC(CC)C(C)N1CC(C)OCC1C. The Bertz CT molecular complexity index is 210. The van der Waals surface area contributed by atoms with Crippen LogP contribution in [0.2, 0.25) is 0 Å². The zero-order valence-electron chi connectivity index (χ0n) is 12.2. The quantitative estimate of drug-likeness (QED) is 0.773. The predicted octanol–water partition coefficient (Wildman–Crippen LogP) is 2.26. The van der Waals surface area contributed by atoms with Crippen molar-refractivity contribution >= 4 is 0 Å². The largest absolute Gasteiger partial charge is 0.376 e. The molecule has 0 aromatic carbocycles. The van der Waals surface area contributed by atoms with Gasteiger partial charge in [-0.3, -0.25) is 4.90 Å². The molecule has 3 heteroatoms. The first kappa shape index (κ1) is 14.9. The van der Waals surface area contributed by atoms with Gasteiger partial charge in [0.05, 0.1) is 12.7 Å². The summed E-state index contributed by atoms with van der Waals surface area (Å²) in [4.78, 5) is 2.60. The summed E-state index contributed by atoms with van der Waals surface area (Å²) in [7, 11) is 0. The van der Waals surface area contributed by atoms with Crippen LogP contribution in [0.1, 0.15) is 47.5 Å². The van der Waals surface area contributed by atoms with Crippen LogP contribution in [0.25, 0.3) is 0 Å². The summed E-state index contributed by atoms with van der Waals surface area (Å²) in [5, 5.41) is 3.67. The standard InChI is InChI=1S/C14H30N2O/c1-6-8-15-14(7-2)13(5)16-9-12(4)17-10-11(16)3/h11-15H,6-10H2,1-5H3. The van der Waals surface area contributed by atoms with E-state index in [1.165, 1.54) is 12.8 Å². The number of rotatable bonds is 6. The van der Waals surface area contributed by atoms with Gasteiger partial charge in [0.25, 0.3) is 0 Å². The summed E-state index contributed by atoms with van der Waals surface area (Å²) in [6.07, 6.45) is 2.77. The average molecular weight is 242 g/mol. The van der Waals surface area contributed by atoms with Gasteiger partial charge in [0.15, 0.2) is 0 Å². The third kappa shape index (κ3) is 4.23. The van der Waals surface area contributed by atoms with Crippen molar-refractivity contribution < 1.29 is 4.74 Å². The van der Waals surface area contributed by atoms with E-state index in [-0.39, 0.29) is 0 Å². The van der Waals surface area contributed by atoms with Crippen LogP contribution in [-0.2, 0) is 4.74 Å². The zero-order chi connectivity index (χ0) is 12.8. The van der Waals surface area contributed by atoms with Gasteiger partial charge in [-0.2, -0.15) is 0 Å². The van der Waals surface area contributed by atoms with Gasteiger partial charge in [-0.05, 0) is 40.2 Å². The molecule has 0 aromatic rings. The lowest BCUT2D eigenvalue weighted by Gasteiger charge is -2.43. The fourth-order valence-corrected chi connectivity index (χ4v) is 2.71. The molecule has 0 bridgehead atoms. The minimum atomic E-state index is 0.373. The maximum absolute atomic E-state index is 5.70. The second-order valence-electron chi connectivity index (χ2n) is 5.40. The number of hydrogen-bond donors (Lipinski definition) is 1. The molecule has 1 aliphatic rings. The topological polar surface area (TPSA) is 24.5 Å². The molecule has 17 heavy (non-hydrogen) atoms. The van der Waals surface area contributed by atoms with Crippen LogP contribution < -0.4 is 5.32 Å². The van der Waals surface area contributed by atoms with Gasteiger partial charge in [0.2, 0.25) is 0 Å². The van der Waals surface area contributed by atoms with Crippen molar-refractivity contribution in [3.05, 3.63) is 0 Å². The second-order valence-corrected chi connectivity index (χ2v) is 5.40. The van der Waals surface area contributed by atoms with E-state index in [4.69, 9.17) is 4.74 Å². The van der Waals surface area contributed by atoms with Gasteiger partial charge in [-0.15, -0.1) is 0 Å². The van der Waals surface area contributed by atoms with Crippen LogP contribution in [0.4, 0.5) is 0 Å². The monoisotopic (exact) mass is 242 g/mol. The van der Waals surface area contributed by atoms with Gasteiger partial charge < -0.3 is 10.1 Å². The van der Waals surface area contributed by atoms with Gasteiger partial charge in [-0.1, -0.05) is 13.8 Å². The first-order valence-corrected chi connectivity index (χ1v) is 7.20. The van der Waals surface area contributed by atoms with Crippen molar-refractivity contribution in [2.75, 3.05) is 19.7 Å².